The minimum absolute atomic E-state index is 0.152. The van der Waals surface area contributed by atoms with Crippen LogP contribution in [0.3, 0.4) is 0 Å². The van der Waals surface area contributed by atoms with E-state index in [-0.39, 0.29) is 5.97 Å². The van der Waals surface area contributed by atoms with E-state index in [9.17, 15) is 4.79 Å². The average Bonchev–Trinajstić information content (AvgIpc) is 2.79. The van der Waals surface area contributed by atoms with Crippen molar-refractivity contribution >= 4 is 5.97 Å². The summed E-state index contributed by atoms with van der Waals surface area (Å²) >= 11 is 0. The predicted molar refractivity (Wildman–Crippen MR) is 82.8 cm³/mol. The molecule has 1 heterocycles. The van der Waals surface area contributed by atoms with Crippen molar-refractivity contribution < 1.29 is 9.53 Å². The number of likely N-dealkylation sites (N-methyl/N-ethyl adjacent to an activating group) is 1. The van der Waals surface area contributed by atoms with E-state index in [1.54, 1.807) is 0 Å². The Morgan fingerprint density at radius 3 is 2.65 bits per heavy atom. The second kappa shape index (κ2) is 7.99. The zero-order valence-corrected chi connectivity index (χ0v) is 13.9. The number of rotatable bonds is 8. The molecule has 1 fully saturated rings. The smallest absolute Gasteiger partial charge is 0.325 e. The Bertz CT molecular complexity index is 309. The Hall–Kier alpha value is -0.610. The minimum Gasteiger partial charge on any atom is -0.468 e. The number of hydrogen-bond acceptors (Lipinski definition) is 4. The van der Waals surface area contributed by atoms with E-state index in [1.807, 2.05) is 13.8 Å². The maximum absolute atomic E-state index is 11.9. The lowest BCUT2D eigenvalue weighted by Gasteiger charge is -2.31. The summed E-state index contributed by atoms with van der Waals surface area (Å²) in [6.07, 6.45) is 5.71. The summed E-state index contributed by atoms with van der Waals surface area (Å²) in [5.41, 5.74) is -0.547. The Kier molecular flexibility index (Phi) is 6.96. The van der Waals surface area contributed by atoms with E-state index >= 15 is 0 Å². The predicted octanol–water partition coefficient (Wildman–Crippen LogP) is 2.57. The number of carbonyl (C=O) groups excluding carboxylic acids is 1. The number of nitrogens with zero attached hydrogens (tertiary/aromatic N) is 1. The van der Waals surface area contributed by atoms with Crippen LogP contribution in [-0.2, 0) is 9.53 Å². The lowest BCUT2D eigenvalue weighted by atomic mass is 9.95. The summed E-state index contributed by atoms with van der Waals surface area (Å²) in [7, 11) is 1.47. The highest BCUT2D eigenvalue weighted by Crippen LogP contribution is 2.27. The molecule has 1 N–H and O–H groups in total. The van der Waals surface area contributed by atoms with Gasteiger partial charge in [-0.25, -0.2) is 0 Å². The quantitative estimate of drug-likeness (QED) is 0.696. The van der Waals surface area contributed by atoms with Crippen LogP contribution in [0.2, 0.25) is 0 Å². The molecule has 118 valence electrons. The molecular weight excluding hydrogens is 252 g/mol. The summed E-state index contributed by atoms with van der Waals surface area (Å²) in [5, 5.41) is 3.28. The van der Waals surface area contributed by atoms with Crippen molar-refractivity contribution in [3.63, 3.8) is 0 Å². The van der Waals surface area contributed by atoms with Crippen molar-refractivity contribution in [2.45, 2.75) is 77.4 Å². The Balaban J connectivity index is 2.50. The lowest BCUT2D eigenvalue weighted by molar-refractivity contribution is -0.148. The molecule has 0 aromatic heterocycles. The maximum Gasteiger partial charge on any atom is 0.325 e. The number of nitrogens with one attached hydrogen (secondary N) is 1. The molecule has 0 spiro atoms. The molecule has 0 bridgehead atoms. The summed E-state index contributed by atoms with van der Waals surface area (Å²) in [6.45, 7) is 10.4. The van der Waals surface area contributed by atoms with Crippen LogP contribution < -0.4 is 5.32 Å². The Labute approximate surface area is 124 Å². The zero-order chi connectivity index (χ0) is 15.2. The fraction of sp³-hybridized carbons (Fsp3) is 0.938. The van der Waals surface area contributed by atoms with Crippen molar-refractivity contribution in [2.75, 3.05) is 20.2 Å². The fourth-order valence-corrected chi connectivity index (χ4v) is 3.46. The van der Waals surface area contributed by atoms with Crippen molar-refractivity contribution in [3.05, 3.63) is 0 Å². The van der Waals surface area contributed by atoms with E-state index in [0.29, 0.717) is 6.04 Å². The number of ether oxygens (including phenoxy) is 1. The third kappa shape index (κ3) is 4.19. The molecule has 0 radical (unpaired) electrons. The van der Waals surface area contributed by atoms with E-state index in [1.165, 1.54) is 26.4 Å². The monoisotopic (exact) mass is 284 g/mol. The third-order valence-corrected chi connectivity index (χ3v) is 4.72. The molecule has 20 heavy (non-hydrogen) atoms. The molecule has 3 atom stereocenters. The normalized spacial score (nSPS) is 26.4. The van der Waals surface area contributed by atoms with Crippen LogP contribution in [0.25, 0.3) is 0 Å². The molecule has 1 saturated heterocycles. The average molecular weight is 284 g/mol. The summed E-state index contributed by atoms with van der Waals surface area (Å²) in [4.78, 5) is 14.6. The van der Waals surface area contributed by atoms with E-state index in [4.69, 9.17) is 4.74 Å². The molecule has 0 amide bonds. The van der Waals surface area contributed by atoms with Gasteiger partial charge in [0.05, 0.1) is 7.11 Å². The second-order valence-electron chi connectivity index (χ2n) is 6.18. The van der Waals surface area contributed by atoms with Gasteiger partial charge >= 0.3 is 5.97 Å². The Morgan fingerprint density at radius 1 is 1.40 bits per heavy atom. The zero-order valence-electron chi connectivity index (χ0n) is 13.9. The number of hydrogen-bond donors (Lipinski definition) is 1. The van der Waals surface area contributed by atoms with Crippen molar-refractivity contribution in [1.29, 1.82) is 0 Å². The number of esters is 1. The van der Waals surface area contributed by atoms with Crippen LogP contribution in [-0.4, -0.2) is 48.7 Å². The van der Waals surface area contributed by atoms with Crippen LogP contribution >= 0.6 is 0 Å². The first-order chi connectivity index (χ1) is 9.48. The minimum atomic E-state index is -0.547. The van der Waals surface area contributed by atoms with Crippen molar-refractivity contribution in [3.8, 4) is 0 Å². The first-order valence-corrected chi connectivity index (χ1v) is 8.07. The summed E-state index contributed by atoms with van der Waals surface area (Å²) in [6, 6.07) is 1.41. The second-order valence-corrected chi connectivity index (χ2v) is 6.18. The van der Waals surface area contributed by atoms with Gasteiger partial charge in [0.25, 0.3) is 0 Å². The molecule has 0 aromatic carbocycles. The van der Waals surface area contributed by atoms with Gasteiger partial charge in [-0.2, -0.15) is 0 Å². The highest BCUT2D eigenvalue weighted by Gasteiger charge is 2.34. The molecule has 0 aliphatic carbocycles. The number of carbonyl (C=O) groups is 1. The van der Waals surface area contributed by atoms with Gasteiger partial charge in [-0.05, 0) is 59.0 Å². The molecule has 0 saturated carbocycles. The van der Waals surface area contributed by atoms with Crippen LogP contribution in [0.15, 0.2) is 0 Å². The van der Waals surface area contributed by atoms with Crippen LogP contribution in [0.4, 0.5) is 0 Å². The standard InChI is InChI=1S/C16H32N2O2/c1-6-14-10-9-13(3)18(14)12-8-11-16(4,17-7-2)15(19)20-5/h13-14,17H,6-12H2,1-5H3. The van der Waals surface area contributed by atoms with Gasteiger partial charge in [-0.1, -0.05) is 13.8 Å². The van der Waals surface area contributed by atoms with Gasteiger partial charge < -0.3 is 10.1 Å². The molecule has 1 aliphatic rings. The molecule has 1 rings (SSSR count). The molecule has 4 nitrogen and oxygen atoms in total. The molecule has 3 unspecified atom stereocenters. The summed E-state index contributed by atoms with van der Waals surface area (Å²) < 4.78 is 4.94. The SMILES string of the molecule is CCNC(C)(CCCN1C(C)CCC1CC)C(=O)OC. The number of likely N-dealkylation sites (tertiary alicyclic amines) is 1. The maximum atomic E-state index is 11.9. The van der Waals surface area contributed by atoms with Crippen LogP contribution in [0.5, 0.6) is 0 Å². The topological polar surface area (TPSA) is 41.6 Å². The molecule has 1 aliphatic heterocycles. The molecule has 4 heteroatoms. The molecule has 0 aromatic rings. The van der Waals surface area contributed by atoms with E-state index in [2.05, 4.69) is 24.1 Å². The highest BCUT2D eigenvalue weighted by atomic mass is 16.5. The van der Waals surface area contributed by atoms with Crippen molar-refractivity contribution in [1.82, 2.24) is 10.2 Å². The number of methoxy groups -OCH3 is 1. The first-order valence-electron chi connectivity index (χ1n) is 8.07. The van der Waals surface area contributed by atoms with E-state index < -0.39 is 5.54 Å². The van der Waals surface area contributed by atoms with Gasteiger partial charge in [-0.15, -0.1) is 0 Å². The fourth-order valence-electron chi connectivity index (χ4n) is 3.46. The first kappa shape index (κ1) is 17.4. The van der Waals surface area contributed by atoms with Gasteiger partial charge in [0.2, 0.25) is 0 Å². The Morgan fingerprint density at radius 2 is 2.10 bits per heavy atom. The summed E-state index contributed by atoms with van der Waals surface area (Å²) in [5.74, 6) is -0.152. The van der Waals surface area contributed by atoms with Crippen molar-refractivity contribution in [2.24, 2.45) is 0 Å². The highest BCUT2D eigenvalue weighted by molar-refractivity contribution is 5.80. The van der Waals surface area contributed by atoms with E-state index in [0.717, 1.165) is 32.0 Å². The molecular formula is C16H32N2O2. The van der Waals surface area contributed by atoms with Crippen LogP contribution in [0, 0.1) is 0 Å². The van der Waals surface area contributed by atoms with Gasteiger partial charge in [0.15, 0.2) is 0 Å². The largest absolute Gasteiger partial charge is 0.468 e. The third-order valence-electron chi connectivity index (χ3n) is 4.72. The van der Waals surface area contributed by atoms with Gasteiger partial charge in [-0.3, -0.25) is 9.69 Å². The van der Waals surface area contributed by atoms with Gasteiger partial charge in [0, 0.05) is 12.1 Å². The lowest BCUT2D eigenvalue weighted by Crippen LogP contribution is -2.50. The van der Waals surface area contributed by atoms with Crippen LogP contribution in [0.1, 0.15) is 59.8 Å². The van der Waals surface area contributed by atoms with Gasteiger partial charge in [0.1, 0.15) is 5.54 Å².